The van der Waals surface area contributed by atoms with Crippen molar-refractivity contribution < 1.29 is 9.18 Å². The minimum absolute atomic E-state index is 0.00869. The summed E-state index contributed by atoms with van der Waals surface area (Å²) in [4.78, 5) is 25.9. The quantitative estimate of drug-likeness (QED) is 0.689. The third-order valence-corrected chi connectivity index (χ3v) is 5.67. The lowest BCUT2D eigenvalue weighted by Gasteiger charge is -2.39. The Hall–Kier alpha value is -3.27. The number of fused-ring (bicyclic) bond motifs is 2. The lowest BCUT2D eigenvalue weighted by Crippen LogP contribution is -2.50. The highest BCUT2D eigenvalue weighted by Crippen LogP contribution is 2.30. The molecule has 10 heteroatoms. The minimum Gasteiger partial charge on any atom is -0.381 e. The standard InChI is InChI=1S/C19H21FN8O/c20-12-8-23-18-16(17(21)25-28(18)10-12)19(29)24-14-9-22-4-3-15(14)27-7-6-26-5-1-2-13(26)11-27/h3-4,8-10,13H,1-2,5-7,11H2,(H2,21,25)(H,24,29). The summed E-state index contributed by atoms with van der Waals surface area (Å²) < 4.78 is 14.6. The number of nitrogens with zero attached hydrogens (tertiary/aromatic N) is 6. The van der Waals surface area contributed by atoms with Crippen LogP contribution in [0.5, 0.6) is 0 Å². The Morgan fingerprint density at radius 1 is 1.28 bits per heavy atom. The maximum absolute atomic E-state index is 13.4. The zero-order chi connectivity index (χ0) is 20.0. The van der Waals surface area contributed by atoms with Crippen LogP contribution in [0.2, 0.25) is 0 Å². The second-order valence-corrected chi connectivity index (χ2v) is 7.43. The largest absolute Gasteiger partial charge is 0.381 e. The molecule has 5 rings (SSSR count). The summed E-state index contributed by atoms with van der Waals surface area (Å²) in [6, 6.07) is 2.46. The summed E-state index contributed by atoms with van der Waals surface area (Å²) in [6.07, 6.45) is 7.95. The van der Waals surface area contributed by atoms with E-state index in [1.807, 2.05) is 6.07 Å². The Morgan fingerprint density at radius 2 is 2.17 bits per heavy atom. The molecule has 2 saturated heterocycles. The lowest BCUT2D eigenvalue weighted by atomic mass is 10.1. The number of nitrogens with one attached hydrogen (secondary N) is 1. The van der Waals surface area contributed by atoms with Gasteiger partial charge in [-0.25, -0.2) is 13.9 Å². The van der Waals surface area contributed by atoms with Crippen LogP contribution >= 0.6 is 0 Å². The molecule has 0 radical (unpaired) electrons. The first kappa shape index (κ1) is 17.8. The molecule has 1 unspecified atom stereocenters. The number of nitrogens with two attached hydrogens (primary N) is 1. The van der Waals surface area contributed by atoms with Crippen molar-refractivity contribution in [2.24, 2.45) is 0 Å². The molecule has 3 N–H and O–H groups in total. The Balaban J connectivity index is 1.43. The molecule has 0 spiro atoms. The van der Waals surface area contributed by atoms with E-state index in [-0.39, 0.29) is 17.0 Å². The number of hydrogen-bond donors (Lipinski definition) is 2. The van der Waals surface area contributed by atoms with Gasteiger partial charge in [0.15, 0.2) is 17.3 Å². The second-order valence-electron chi connectivity index (χ2n) is 7.43. The Kier molecular flexibility index (Phi) is 4.27. The first-order chi connectivity index (χ1) is 14.1. The van der Waals surface area contributed by atoms with Gasteiger partial charge >= 0.3 is 0 Å². The number of piperazine rings is 1. The Bertz CT molecular complexity index is 1080. The normalized spacial score (nSPS) is 19.5. The van der Waals surface area contributed by atoms with E-state index in [0.29, 0.717) is 11.7 Å². The third kappa shape index (κ3) is 3.15. The fourth-order valence-corrected chi connectivity index (χ4v) is 4.30. The van der Waals surface area contributed by atoms with Crippen LogP contribution < -0.4 is 16.0 Å². The van der Waals surface area contributed by atoms with Crippen LogP contribution in [0.4, 0.5) is 21.6 Å². The Morgan fingerprint density at radius 3 is 3.07 bits per heavy atom. The Labute approximate surface area is 166 Å². The number of carbonyl (C=O) groups excluding carboxylic acids is 1. The molecule has 0 saturated carbocycles. The average molecular weight is 396 g/mol. The van der Waals surface area contributed by atoms with Crippen molar-refractivity contribution in [1.29, 1.82) is 0 Å². The van der Waals surface area contributed by atoms with Gasteiger partial charge in [-0.2, -0.15) is 0 Å². The molecular formula is C19H21FN8O. The van der Waals surface area contributed by atoms with E-state index >= 15 is 0 Å². The van der Waals surface area contributed by atoms with Crippen molar-refractivity contribution in [2.75, 3.05) is 42.1 Å². The van der Waals surface area contributed by atoms with E-state index < -0.39 is 11.7 Å². The number of aromatic nitrogens is 4. The van der Waals surface area contributed by atoms with Gasteiger partial charge in [-0.05, 0) is 25.5 Å². The molecule has 3 aromatic rings. The van der Waals surface area contributed by atoms with Crippen molar-refractivity contribution >= 4 is 28.7 Å². The minimum atomic E-state index is -0.562. The number of halogens is 1. The predicted molar refractivity (Wildman–Crippen MR) is 106 cm³/mol. The first-order valence-corrected chi connectivity index (χ1v) is 9.64. The van der Waals surface area contributed by atoms with Gasteiger partial charge in [0.1, 0.15) is 5.56 Å². The zero-order valence-corrected chi connectivity index (χ0v) is 15.8. The van der Waals surface area contributed by atoms with Crippen LogP contribution in [-0.2, 0) is 0 Å². The van der Waals surface area contributed by atoms with Crippen molar-refractivity contribution in [1.82, 2.24) is 24.5 Å². The van der Waals surface area contributed by atoms with E-state index in [2.05, 4.69) is 30.2 Å². The molecule has 150 valence electrons. The molecule has 29 heavy (non-hydrogen) atoms. The van der Waals surface area contributed by atoms with Gasteiger partial charge < -0.3 is 16.0 Å². The number of hydrogen-bond acceptors (Lipinski definition) is 7. The van der Waals surface area contributed by atoms with Crippen LogP contribution in [0.3, 0.4) is 0 Å². The molecule has 1 amide bonds. The molecule has 9 nitrogen and oxygen atoms in total. The van der Waals surface area contributed by atoms with Crippen LogP contribution in [-0.4, -0.2) is 62.6 Å². The van der Waals surface area contributed by atoms with Crippen molar-refractivity contribution in [2.45, 2.75) is 18.9 Å². The van der Waals surface area contributed by atoms with E-state index in [4.69, 9.17) is 5.73 Å². The highest BCUT2D eigenvalue weighted by Gasteiger charge is 2.31. The fourth-order valence-electron chi connectivity index (χ4n) is 4.30. The predicted octanol–water partition coefficient (Wildman–Crippen LogP) is 1.38. The van der Waals surface area contributed by atoms with Gasteiger partial charge in [-0.1, -0.05) is 0 Å². The average Bonchev–Trinajstić information content (AvgIpc) is 3.30. The van der Waals surface area contributed by atoms with Crippen LogP contribution in [0.25, 0.3) is 5.65 Å². The van der Waals surface area contributed by atoms with Crippen molar-refractivity contribution in [3.8, 4) is 0 Å². The highest BCUT2D eigenvalue weighted by atomic mass is 19.1. The second kappa shape index (κ2) is 6.96. The van der Waals surface area contributed by atoms with Gasteiger partial charge in [0.05, 0.1) is 30.0 Å². The summed E-state index contributed by atoms with van der Waals surface area (Å²) in [5, 5.41) is 6.88. The summed E-state index contributed by atoms with van der Waals surface area (Å²) >= 11 is 0. The summed E-state index contributed by atoms with van der Waals surface area (Å²) in [7, 11) is 0. The van der Waals surface area contributed by atoms with Crippen LogP contribution in [0, 0.1) is 5.82 Å². The molecule has 2 fully saturated rings. The molecule has 3 aromatic heterocycles. The summed E-state index contributed by atoms with van der Waals surface area (Å²) in [5.74, 6) is -1.02. The molecule has 2 aliphatic heterocycles. The number of nitrogen functional groups attached to an aromatic ring is 1. The van der Waals surface area contributed by atoms with Gasteiger partial charge in [0.25, 0.3) is 5.91 Å². The summed E-state index contributed by atoms with van der Waals surface area (Å²) in [5.41, 5.74) is 7.75. The lowest BCUT2D eigenvalue weighted by molar-refractivity contribution is 0.102. The molecule has 0 aliphatic carbocycles. The maximum Gasteiger partial charge on any atom is 0.263 e. The van der Waals surface area contributed by atoms with Crippen LogP contribution in [0.1, 0.15) is 23.2 Å². The SMILES string of the molecule is Nc1nn2cc(F)cnc2c1C(=O)Nc1cnccc1N1CCN2CCCC2C1. The molecular weight excluding hydrogens is 375 g/mol. The first-order valence-electron chi connectivity index (χ1n) is 9.64. The fraction of sp³-hybridized carbons (Fsp3) is 0.368. The zero-order valence-electron chi connectivity index (χ0n) is 15.8. The van der Waals surface area contributed by atoms with E-state index in [0.717, 1.165) is 37.7 Å². The number of rotatable bonds is 3. The topological polar surface area (TPSA) is 105 Å². The van der Waals surface area contributed by atoms with Crippen molar-refractivity contribution in [3.63, 3.8) is 0 Å². The number of amides is 1. The van der Waals surface area contributed by atoms with Gasteiger partial charge in [0.2, 0.25) is 0 Å². The molecule has 0 aromatic carbocycles. The summed E-state index contributed by atoms with van der Waals surface area (Å²) in [6.45, 7) is 3.99. The third-order valence-electron chi connectivity index (χ3n) is 5.67. The maximum atomic E-state index is 13.4. The smallest absolute Gasteiger partial charge is 0.263 e. The molecule has 2 aliphatic rings. The van der Waals surface area contributed by atoms with E-state index in [1.165, 1.54) is 23.9 Å². The van der Waals surface area contributed by atoms with Gasteiger partial charge in [0, 0.05) is 31.9 Å². The number of carbonyl (C=O) groups is 1. The van der Waals surface area contributed by atoms with E-state index in [1.54, 1.807) is 12.4 Å². The monoisotopic (exact) mass is 396 g/mol. The van der Waals surface area contributed by atoms with Crippen LogP contribution in [0.15, 0.2) is 30.9 Å². The van der Waals surface area contributed by atoms with Gasteiger partial charge in [-0.3, -0.25) is 14.7 Å². The van der Waals surface area contributed by atoms with Gasteiger partial charge in [-0.15, -0.1) is 5.10 Å². The molecule has 5 heterocycles. The molecule has 1 atom stereocenters. The van der Waals surface area contributed by atoms with Crippen molar-refractivity contribution in [3.05, 3.63) is 42.2 Å². The number of pyridine rings is 1. The molecule has 0 bridgehead atoms. The highest BCUT2D eigenvalue weighted by molar-refractivity contribution is 6.12. The van der Waals surface area contributed by atoms with E-state index in [9.17, 15) is 9.18 Å². The number of anilines is 3.